The maximum absolute atomic E-state index is 12.2. The second kappa shape index (κ2) is 5.39. The van der Waals surface area contributed by atoms with Gasteiger partial charge in [0.05, 0.1) is 0 Å². The van der Waals surface area contributed by atoms with E-state index >= 15 is 0 Å². The molecule has 0 spiro atoms. The van der Waals surface area contributed by atoms with E-state index in [2.05, 4.69) is 19.2 Å². The van der Waals surface area contributed by atoms with Gasteiger partial charge >= 0.3 is 6.09 Å². The number of amides is 2. The normalized spacial score (nSPS) is 22.2. The Morgan fingerprint density at radius 2 is 1.95 bits per heavy atom. The van der Waals surface area contributed by atoms with Crippen molar-refractivity contribution in [2.45, 2.75) is 71.6 Å². The van der Waals surface area contributed by atoms with Gasteiger partial charge < -0.3 is 15.0 Å². The molecule has 1 saturated heterocycles. The second-order valence-electron chi connectivity index (χ2n) is 6.82. The van der Waals surface area contributed by atoms with Crippen LogP contribution in [0.25, 0.3) is 0 Å². The van der Waals surface area contributed by atoms with Crippen LogP contribution in [0.2, 0.25) is 0 Å². The summed E-state index contributed by atoms with van der Waals surface area (Å²) in [4.78, 5) is 25.6. The van der Waals surface area contributed by atoms with Gasteiger partial charge in [-0.3, -0.25) is 4.79 Å². The van der Waals surface area contributed by atoms with Crippen molar-refractivity contribution < 1.29 is 14.3 Å². The molecule has 1 rings (SSSR count). The monoisotopic (exact) mass is 270 g/mol. The highest BCUT2D eigenvalue weighted by molar-refractivity contribution is 5.83. The highest BCUT2D eigenvalue weighted by Gasteiger charge is 2.40. The lowest BCUT2D eigenvalue weighted by molar-refractivity contribution is -0.135. The topological polar surface area (TPSA) is 58.6 Å². The van der Waals surface area contributed by atoms with Crippen LogP contribution in [0.15, 0.2) is 0 Å². The van der Waals surface area contributed by atoms with Gasteiger partial charge in [-0.05, 0) is 54.4 Å². The molecule has 1 N–H and O–H groups in total. The fraction of sp³-hybridized carbons (Fsp3) is 0.857. The van der Waals surface area contributed by atoms with Gasteiger partial charge in [0.25, 0.3) is 0 Å². The standard InChI is InChI=1S/C14H26N2O3/c1-10-7-8-14(5,6)16(10)11(17)9-15-12(18)19-13(2,3)4/h10H,7-9H2,1-6H3,(H,15,18). The van der Waals surface area contributed by atoms with Crippen LogP contribution in [-0.2, 0) is 9.53 Å². The van der Waals surface area contributed by atoms with Gasteiger partial charge in [0.1, 0.15) is 12.1 Å². The molecule has 1 aliphatic heterocycles. The molecule has 0 aromatic rings. The summed E-state index contributed by atoms with van der Waals surface area (Å²) in [5.41, 5.74) is -0.681. The molecule has 0 aromatic heterocycles. The molecular weight excluding hydrogens is 244 g/mol. The van der Waals surface area contributed by atoms with Crippen molar-refractivity contribution in [3.63, 3.8) is 0 Å². The van der Waals surface area contributed by atoms with E-state index in [4.69, 9.17) is 4.74 Å². The Morgan fingerprint density at radius 1 is 1.37 bits per heavy atom. The number of ether oxygens (including phenoxy) is 1. The first kappa shape index (κ1) is 15.8. The molecule has 0 aliphatic carbocycles. The van der Waals surface area contributed by atoms with Crippen molar-refractivity contribution >= 4 is 12.0 Å². The zero-order valence-corrected chi connectivity index (χ0v) is 12.9. The Morgan fingerprint density at radius 3 is 2.37 bits per heavy atom. The first-order chi connectivity index (χ1) is 8.53. The quantitative estimate of drug-likeness (QED) is 0.837. The second-order valence-corrected chi connectivity index (χ2v) is 6.82. The van der Waals surface area contributed by atoms with Crippen LogP contribution in [0.4, 0.5) is 4.79 Å². The zero-order valence-electron chi connectivity index (χ0n) is 12.9. The lowest BCUT2D eigenvalue weighted by Crippen LogP contribution is -2.50. The number of nitrogens with one attached hydrogen (secondary N) is 1. The van der Waals surface area contributed by atoms with Gasteiger partial charge in [-0.2, -0.15) is 0 Å². The summed E-state index contributed by atoms with van der Waals surface area (Å²) in [5, 5.41) is 2.52. The Balaban J connectivity index is 2.50. The van der Waals surface area contributed by atoms with E-state index in [1.807, 2.05) is 11.8 Å². The van der Waals surface area contributed by atoms with Gasteiger partial charge in [0.2, 0.25) is 5.91 Å². The molecule has 0 radical (unpaired) electrons. The molecular formula is C14H26N2O3. The minimum absolute atomic E-state index is 0.0112. The van der Waals surface area contributed by atoms with E-state index in [0.717, 1.165) is 12.8 Å². The average Bonchev–Trinajstić information content (AvgIpc) is 2.47. The number of alkyl carbamates (subject to hydrolysis) is 1. The fourth-order valence-electron chi connectivity index (χ4n) is 2.54. The first-order valence-corrected chi connectivity index (χ1v) is 6.82. The third-order valence-corrected chi connectivity index (χ3v) is 3.32. The van der Waals surface area contributed by atoms with Crippen LogP contribution in [0, 0.1) is 0 Å². The summed E-state index contributed by atoms with van der Waals surface area (Å²) >= 11 is 0. The van der Waals surface area contributed by atoms with E-state index in [9.17, 15) is 9.59 Å². The molecule has 1 heterocycles. The van der Waals surface area contributed by atoms with E-state index in [1.165, 1.54) is 0 Å². The van der Waals surface area contributed by atoms with E-state index in [-0.39, 0.29) is 24.0 Å². The molecule has 0 aromatic carbocycles. The molecule has 1 fully saturated rings. The van der Waals surface area contributed by atoms with Crippen molar-refractivity contribution in [1.82, 2.24) is 10.2 Å². The lowest BCUT2D eigenvalue weighted by Gasteiger charge is -2.35. The minimum atomic E-state index is -0.550. The van der Waals surface area contributed by atoms with Crippen LogP contribution in [0.3, 0.4) is 0 Å². The molecule has 1 unspecified atom stereocenters. The number of likely N-dealkylation sites (tertiary alicyclic amines) is 1. The van der Waals surface area contributed by atoms with Crippen LogP contribution in [0.5, 0.6) is 0 Å². The maximum Gasteiger partial charge on any atom is 0.408 e. The smallest absolute Gasteiger partial charge is 0.408 e. The van der Waals surface area contributed by atoms with Crippen molar-refractivity contribution in [3.8, 4) is 0 Å². The SMILES string of the molecule is CC1CCC(C)(C)N1C(=O)CNC(=O)OC(C)(C)C. The molecule has 1 atom stereocenters. The van der Waals surface area contributed by atoms with Gasteiger partial charge in [0.15, 0.2) is 0 Å². The van der Waals surface area contributed by atoms with Crippen molar-refractivity contribution in [3.05, 3.63) is 0 Å². The largest absolute Gasteiger partial charge is 0.444 e. The first-order valence-electron chi connectivity index (χ1n) is 6.82. The number of carbonyl (C=O) groups excluding carboxylic acids is 2. The highest BCUT2D eigenvalue weighted by atomic mass is 16.6. The minimum Gasteiger partial charge on any atom is -0.444 e. The summed E-state index contributed by atoms with van der Waals surface area (Å²) in [6.07, 6.45) is 1.45. The predicted octanol–water partition coefficient (Wildman–Crippen LogP) is 2.30. The summed E-state index contributed by atoms with van der Waals surface area (Å²) < 4.78 is 5.11. The summed E-state index contributed by atoms with van der Waals surface area (Å²) in [7, 11) is 0. The summed E-state index contributed by atoms with van der Waals surface area (Å²) in [6.45, 7) is 11.5. The highest BCUT2D eigenvalue weighted by Crippen LogP contribution is 2.32. The number of hydrogen-bond acceptors (Lipinski definition) is 3. The van der Waals surface area contributed by atoms with E-state index in [0.29, 0.717) is 0 Å². The van der Waals surface area contributed by atoms with Gasteiger partial charge in [-0.1, -0.05) is 0 Å². The molecule has 1 aliphatic rings. The van der Waals surface area contributed by atoms with Crippen molar-refractivity contribution in [2.24, 2.45) is 0 Å². The molecule has 2 amide bonds. The average molecular weight is 270 g/mol. The van der Waals surface area contributed by atoms with Gasteiger partial charge in [0, 0.05) is 11.6 Å². The van der Waals surface area contributed by atoms with Crippen molar-refractivity contribution in [1.29, 1.82) is 0 Å². The third kappa shape index (κ3) is 4.40. The van der Waals surface area contributed by atoms with Crippen LogP contribution < -0.4 is 5.32 Å². The molecule has 5 nitrogen and oxygen atoms in total. The van der Waals surface area contributed by atoms with Crippen molar-refractivity contribution in [2.75, 3.05) is 6.54 Å². The number of rotatable bonds is 2. The number of hydrogen-bond donors (Lipinski definition) is 1. The predicted molar refractivity (Wildman–Crippen MR) is 73.9 cm³/mol. The summed E-state index contributed by atoms with van der Waals surface area (Å²) in [5.74, 6) is -0.0548. The third-order valence-electron chi connectivity index (χ3n) is 3.32. The Bertz CT molecular complexity index is 358. The molecule has 5 heteroatoms. The Labute approximate surface area is 115 Å². The lowest BCUT2D eigenvalue weighted by atomic mass is 10.0. The molecule has 19 heavy (non-hydrogen) atoms. The molecule has 0 saturated carbocycles. The van der Waals surface area contributed by atoms with Crippen LogP contribution in [-0.4, -0.2) is 40.6 Å². The number of carbonyl (C=O) groups is 2. The zero-order chi connectivity index (χ0) is 14.8. The summed E-state index contributed by atoms with van der Waals surface area (Å²) in [6, 6.07) is 0.225. The van der Waals surface area contributed by atoms with E-state index in [1.54, 1.807) is 20.8 Å². The van der Waals surface area contributed by atoms with Gasteiger partial charge in [-0.15, -0.1) is 0 Å². The van der Waals surface area contributed by atoms with E-state index < -0.39 is 11.7 Å². The van der Waals surface area contributed by atoms with Crippen LogP contribution >= 0.6 is 0 Å². The van der Waals surface area contributed by atoms with Gasteiger partial charge in [-0.25, -0.2) is 4.79 Å². The molecule has 110 valence electrons. The fourth-order valence-corrected chi connectivity index (χ4v) is 2.54. The Hall–Kier alpha value is -1.26. The van der Waals surface area contributed by atoms with Crippen LogP contribution in [0.1, 0.15) is 54.4 Å². The number of nitrogens with zero attached hydrogens (tertiary/aromatic N) is 1. The Kier molecular flexibility index (Phi) is 4.48. The molecule has 0 bridgehead atoms. The maximum atomic E-state index is 12.2.